The first-order valence-electron chi connectivity index (χ1n) is 8.15. The van der Waals surface area contributed by atoms with E-state index < -0.39 is 30.4 Å². The van der Waals surface area contributed by atoms with E-state index in [2.05, 4.69) is 4.98 Å². The number of carbonyl (C=O) groups is 3. The van der Waals surface area contributed by atoms with Gasteiger partial charge in [0.05, 0.1) is 17.7 Å². The van der Waals surface area contributed by atoms with E-state index in [0.717, 1.165) is 0 Å². The summed E-state index contributed by atoms with van der Waals surface area (Å²) in [6, 6.07) is 8.25. The summed E-state index contributed by atoms with van der Waals surface area (Å²) in [4.78, 5) is 39.5. The van der Waals surface area contributed by atoms with Crippen LogP contribution in [-0.4, -0.2) is 41.0 Å². The molecule has 26 heavy (non-hydrogen) atoms. The van der Waals surface area contributed by atoms with Gasteiger partial charge in [0.2, 0.25) is 5.78 Å². The molecule has 0 saturated heterocycles. The van der Waals surface area contributed by atoms with Crippen molar-refractivity contribution in [3.8, 4) is 0 Å². The Morgan fingerprint density at radius 2 is 1.65 bits per heavy atom. The van der Waals surface area contributed by atoms with E-state index in [1.807, 2.05) is 0 Å². The van der Waals surface area contributed by atoms with E-state index in [1.165, 1.54) is 0 Å². The number of benzene rings is 1. The minimum Gasteiger partial charge on any atom is -0.462 e. The molecule has 0 amide bonds. The van der Waals surface area contributed by atoms with E-state index in [-0.39, 0.29) is 17.7 Å². The molecular weight excluding hydrogens is 338 g/mol. The van der Waals surface area contributed by atoms with E-state index in [9.17, 15) is 19.5 Å². The number of ether oxygens (including phenoxy) is 2. The lowest BCUT2D eigenvalue weighted by atomic mass is 10.1. The van der Waals surface area contributed by atoms with Crippen LogP contribution in [0, 0.1) is 13.8 Å². The Labute approximate surface area is 150 Å². The van der Waals surface area contributed by atoms with Crippen LogP contribution in [0.4, 0.5) is 0 Å². The first-order chi connectivity index (χ1) is 12.4. The fourth-order valence-electron chi connectivity index (χ4n) is 2.65. The maximum atomic E-state index is 12.5. The number of aliphatic hydroxyl groups is 1. The van der Waals surface area contributed by atoms with Crippen molar-refractivity contribution in [3.05, 3.63) is 58.4 Å². The summed E-state index contributed by atoms with van der Waals surface area (Å²) >= 11 is 0. The number of ketones is 1. The molecule has 1 atom stereocenters. The number of nitrogens with one attached hydrogen (secondary N) is 1. The molecule has 0 aliphatic carbocycles. The lowest BCUT2D eigenvalue weighted by Gasteiger charge is -2.11. The van der Waals surface area contributed by atoms with Gasteiger partial charge in [-0.3, -0.25) is 4.79 Å². The Balaban J connectivity index is 2.11. The molecule has 0 aliphatic rings. The van der Waals surface area contributed by atoms with Crippen LogP contribution in [0.5, 0.6) is 0 Å². The van der Waals surface area contributed by atoms with Crippen molar-refractivity contribution in [2.24, 2.45) is 0 Å². The molecule has 0 radical (unpaired) electrons. The average Bonchev–Trinajstić information content (AvgIpc) is 2.93. The quantitative estimate of drug-likeness (QED) is 0.580. The van der Waals surface area contributed by atoms with Gasteiger partial charge in [0.15, 0.2) is 12.7 Å². The Kier molecular flexibility index (Phi) is 6.30. The van der Waals surface area contributed by atoms with Crippen LogP contribution in [0.2, 0.25) is 0 Å². The molecular formula is C19H21NO6. The predicted molar refractivity (Wildman–Crippen MR) is 92.9 cm³/mol. The van der Waals surface area contributed by atoms with E-state index in [0.29, 0.717) is 17.0 Å². The number of hydrogen-bond acceptors (Lipinski definition) is 6. The molecule has 138 valence electrons. The van der Waals surface area contributed by atoms with Crippen molar-refractivity contribution in [1.82, 2.24) is 4.98 Å². The number of carbonyl (C=O) groups excluding carboxylic acids is 3. The van der Waals surface area contributed by atoms with Gasteiger partial charge in [-0.25, -0.2) is 9.59 Å². The summed E-state index contributed by atoms with van der Waals surface area (Å²) in [5.74, 6) is -2.11. The monoisotopic (exact) mass is 359 g/mol. The summed E-state index contributed by atoms with van der Waals surface area (Å²) in [7, 11) is 0. The number of hydrogen-bond donors (Lipinski definition) is 2. The van der Waals surface area contributed by atoms with Crippen LogP contribution in [0.1, 0.15) is 50.7 Å². The zero-order valence-electron chi connectivity index (χ0n) is 14.9. The summed E-state index contributed by atoms with van der Waals surface area (Å²) in [6.07, 6.45) is -1.48. The first-order valence-corrected chi connectivity index (χ1v) is 8.15. The fraction of sp³-hybridized carbons (Fsp3) is 0.316. The van der Waals surface area contributed by atoms with Crippen molar-refractivity contribution in [1.29, 1.82) is 0 Å². The number of Topliss-reactive ketones (excluding diaryl/α,β-unsaturated/α-hetero) is 1. The van der Waals surface area contributed by atoms with Gasteiger partial charge in [-0.15, -0.1) is 0 Å². The highest BCUT2D eigenvalue weighted by molar-refractivity contribution is 6.09. The van der Waals surface area contributed by atoms with E-state index in [1.54, 1.807) is 51.1 Å². The Morgan fingerprint density at radius 3 is 2.27 bits per heavy atom. The molecule has 0 saturated carbocycles. The van der Waals surface area contributed by atoms with Crippen LogP contribution in [0.15, 0.2) is 30.3 Å². The number of rotatable bonds is 7. The Hall–Kier alpha value is -2.93. The molecule has 0 unspecified atom stereocenters. The van der Waals surface area contributed by atoms with Gasteiger partial charge in [-0.2, -0.15) is 0 Å². The molecule has 2 aromatic rings. The maximum absolute atomic E-state index is 12.5. The lowest BCUT2D eigenvalue weighted by Crippen LogP contribution is -2.21. The molecule has 1 heterocycles. The van der Waals surface area contributed by atoms with Crippen LogP contribution in [0.25, 0.3) is 0 Å². The van der Waals surface area contributed by atoms with Crippen LogP contribution in [0.3, 0.4) is 0 Å². The zero-order chi connectivity index (χ0) is 19.3. The van der Waals surface area contributed by atoms with Crippen molar-refractivity contribution < 1.29 is 29.0 Å². The highest BCUT2D eigenvalue weighted by Crippen LogP contribution is 2.21. The third-order valence-corrected chi connectivity index (χ3v) is 3.82. The maximum Gasteiger partial charge on any atom is 0.340 e. The predicted octanol–water partition coefficient (Wildman–Crippen LogP) is 2.27. The van der Waals surface area contributed by atoms with Crippen molar-refractivity contribution in [3.63, 3.8) is 0 Å². The Bertz CT molecular complexity index is 809. The SMILES string of the molecule is CCOC(=O)c1c(C)[nH]c(C)c1C(=O)COC(=O)[C@@H](O)c1ccccc1. The first kappa shape index (κ1) is 19.4. The smallest absolute Gasteiger partial charge is 0.340 e. The summed E-state index contributed by atoms with van der Waals surface area (Å²) < 4.78 is 9.90. The molecule has 7 nitrogen and oxygen atoms in total. The third-order valence-electron chi connectivity index (χ3n) is 3.82. The average molecular weight is 359 g/mol. The van der Waals surface area contributed by atoms with Crippen LogP contribution < -0.4 is 0 Å². The molecule has 0 fully saturated rings. The van der Waals surface area contributed by atoms with Crippen LogP contribution >= 0.6 is 0 Å². The highest BCUT2D eigenvalue weighted by atomic mass is 16.5. The minimum atomic E-state index is -1.48. The second kappa shape index (κ2) is 8.44. The molecule has 2 N–H and O–H groups in total. The Morgan fingerprint density at radius 1 is 1.04 bits per heavy atom. The zero-order valence-corrected chi connectivity index (χ0v) is 14.9. The topological polar surface area (TPSA) is 106 Å². The molecule has 7 heteroatoms. The summed E-state index contributed by atoms with van der Waals surface area (Å²) in [6.45, 7) is 4.55. The second-order valence-electron chi connectivity index (χ2n) is 5.69. The summed E-state index contributed by atoms with van der Waals surface area (Å²) in [5, 5.41) is 9.98. The van der Waals surface area contributed by atoms with E-state index in [4.69, 9.17) is 9.47 Å². The van der Waals surface area contributed by atoms with Gasteiger partial charge in [0, 0.05) is 11.4 Å². The molecule has 1 aromatic heterocycles. The lowest BCUT2D eigenvalue weighted by molar-refractivity contribution is -0.152. The van der Waals surface area contributed by atoms with Gasteiger partial charge in [0.1, 0.15) is 0 Å². The van der Waals surface area contributed by atoms with Crippen LogP contribution in [-0.2, 0) is 14.3 Å². The molecule has 2 rings (SSSR count). The minimum absolute atomic E-state index is 0.128. The number of aromatic amines is 1. The van der Waals surface area contributed by atoms with Gasteiger partial charge < -0.3 is 19.6 Å². The summed E-state index contributed by atoms with van der Waals surface area (Å²) in [5.41, 5.74) is 1.61. The van der Waals surface area contributed by atoms with Gasteiger partial charge >= 0.3 is 11.9 Å². The number of aromatic nitrogens is 1. The number of aryl methyl sites for hydroxylation is 2. The molecule has 1 aromatic carbocycles. The van der Waals surface area contributed by atoms with Crippen molar-refractivity contribution in [2.75, 3.05) is 13.2 Å². The number of aliphatic hydroxyl groups excluding tert-OH is 1. The third kappa shape index (κ3) is 4.18. The number of esters is 2. The second-order valence-corrected chi connectivity index (χ2v) is 5.69. The highest BCUT2D eigenvalue weighted by Gasteiger charge is 2.27. The molecule has 0 spiro atoms. The fourth-order valence-corrected chi connectivity index (χ4v) is 2.65. The van der Waals surface area contributed by atoms with Crippen molar-refractivity contribution in [2.45, 2.75) is 26.9 Å². The van der Waals surface area contributed by atoms with E-state index >= 15 is 0 Å². The standard InChI is InChI=1S/C19H21NO6/c1-4-25-18(23)16-12(3)20-11(2)15(16)14(21)10-26-19(24)17(22)13-8-6-5-7-9-13/h5-9,17,20,22H,4,10H2,1-3H3/t17-/m0/s1. The van der Waals surface area contributed by atoms with Crippen molar-refractivity contribution >= 4 is 17.7 Å². The van der Waals surface area contributed by atoms with Gasteiger partial charge in [0.25, 0.3) is 0 Å². The molecule has 0 bridgehead atoms. The molecule has 0 aliphatic heterocycles. The number of H-pyrrole nitrogens is 1. The largest absolute Gasteiger partial charge is 0.462 e. The van der Waals surface area contributed by atoms with Gasteiger partial charge in [-0.05, 0) is 26.3 Å². The normalized spacial score (nSPS) is 11.7. The van der Waals surface area contributed by atoms with Gasteiger partial charge in [-0.1, -0.05) is 30.3 Å².